The number of ether oxygens (including phenoxy) is 2. The highest BCUT2D eigenvalue weighted by Gasteiger charge is 2.32. The highest BCUT2D eigenvalue weighted by molar-refractivity contribution is 5.81. The van der Waals surface area contributed by atoms with Crippen LogP contribution in [0.3, 0.4) is 0 Å². The normalized spacial score (nSPS) is 23.8. The Bertz CT molecular complexity index is 407. The van der Waals surface area contributed by atoms with E-state index in [1.54, 1.807) is 0 Å². The molecule has 3 unspecified atom stereocenters. The van der Waals surface area contributed by atoms with Gasteiger partial charge in [-0.3, -0.25) is 0 Å². The summed E-state index contributed by atoms with van der Waals surface area (Å²) in [5, 5.41) is 0. The Kier molecular flexibility index (Phi) is 4.15. The van der Waals surface area contributed by atoms with Gasteiger partial charge in [-0.15, -0.1) is 0 Å². The standard InChI is InChI=1S/C15H18O3/c1-3-15(16)17-11(2)9-13-10-14(18-13)12-7-5-4-6-8-12/h3-8,11,13-14H,1,9-10H2,2H3. The summed E-state index contributed by atoms with van der Waals surface area (Å²) in [6.45, 7) is 5.25. The minimum Gasteiger partial charge on any atom is -0.459 e. The zero-order chi connectivity index (χ0) is 13.0. The topological polar surface area (TPSA) is 35.5 Å². The van der Waals surface area contributed by atoms with Crippen LogP contribution in [-0.2, 0) is 14.3 Å². The van der Waals surface area contributed by atoms with Gasteiger partial charge in [0.15, 0.2) is 0 Å². The van der Waals surface area contributed by atoms with E-state index in [1.807, 2.05) is 25.1 Å². The molecule has 1 heterocycles. The van der Waals surface area contributed by atoms with Crippen LogP contribution in [0.25, 0.3) is 0 Å². The monoisotopic (exact) mass is 246 g/mol. The molecule has 1 aromatic carbocycles. The summed E-state index contributed by atoms with van der Waals surface area (Å²) in [6.07, 6.45) is 3.16. The summed E-state index contributed by atoms with van der Waals surface area (Å²) in [4.78, 5) is 11.0. The maximum Gasteiger partial charge on any atom is 0.330 e. The molecule has 18 heavy (non-hydrogen) atoms. The molecular formula is C15H18O3. The summed E-state index contributed by atoms with van der Waals surface area (Å²) in [7, 11) is 0. The number of hydrogen-bond donors (Lipinski definition) is 0. The van der Waals surface area contributed by atoms with E-state index >= 15 is 0 Å². The Morgan fingerprint density at radius 3 is 2.83 bits per heavy atom. The summed E-state index contributed by atoms with van der Waals surface area (Å²) in [5.74, 6) is -0.374. The average molecular weight is 246 g/mol. The van der Waals surface area contributed by atoms with Crippen molar-refractivity contribution >= 4 is 5.97 Å². The van der Waals surface area contributed by atoms with Crippen molar-refractivity contribution in [3.8, 4) is 0 Å². The third kappa shape index (κ3) is 3.20. The number of carbonyl (C=O) groups excluding carboxylic acids is 1. The molecule has 0 radical (unpaired) electrons. The van der Waals surface area contributed by atoms with Crippen molar-refractivity contribution in [2.45, 2.75) is 38.1 Å². The van der Waals surface area contributed by atoms with Crippen molar-refractivity contribution in [3.05, 3.63) is 48.6 Å². The molecule has 1 saturated heterocycles. The predicted octanol–water partition coefficient (Wildman–Crippen LogP) is 3.02. The van der Waals surface area contributed by atoms with Crippen LogP contribution in [-0.4, -0.2) is 18.2 Å². The van der Waals surface area contributed by atoms with Gasteiger partial charge in [-0.25, -0.2) is 4.79 Å². The van der Waals surface area contributed by atoms with E-state index in [-0.39, 0.29) is 24.3 Å². The van der Waals surface area contributed by atoms with E-state index < -0.39 is 0 Å². The zero-order valence-electron chi connectivity index (χ0n) is 10.5. The molecule has 96 valence electrons. The Hall–Kier alpha value is -1.61. The number of benzene rings is 1. The van der Waals surface area contributed by atoms with Crippen molar-refractivity contribution in [3.63, 3.8) is 0 Å². The molecule has 2 rings (SSSR count). The zero-order valence-corrected chi connectivity index (χ0v) is 10.5. The van der Waals surface area contributed by atoms with Crippen LogP contribution in [0.15, 0.2) is 43.0 Å². The van der Waals surface area contributed by atoms with E-state index in [1.165, 1.54) is 11.6 Å². The average Bonchev–Trinajstić information content (AvgIpc) is 2.34. The molecular weight excluding hydrogens is 228 g/mol. The van der Waals surface area contributed by atoms with Crippen molar-refractivity contribution in [1.82, 2.24) is 0 Å². The molecule has 3 nitrogen and oxygen atoms in total. The number of esters is 1. The van der Waals surface area contributed by atoms with E-state index in [0.717, 1.165) is 12.8 Å². The second-order valence-electron chi connectivity index (χ2n) is 4.58. The quantitative estimate of drug-likeness (QED) is 0.591. The molecule has 0 bridgehead atoms. The van der Waals surface area contributed by atoms with Gasteiger partial charge < -0.3 is 9.47 Å². The summed E-state index contributed by atoms with van der Waals surface area (Å²) >= 11 is 0. The maximum absolute atomic E-state index is 11.0. The van der Waals surface area contributed by atoms with Crippen molar-refractivity contribution < 1.29 is 14.3 Å². The molecule has 0 saturated carbocycles. The fraction of sp³-hybridized carbons (Fsp3) is 0.400. The largest absolute Gasteiger partial charge is 0.459 e. The number of rotatable bonds is 5. The van der Waals surface area contributed by atoms with Gasteiger partial charge in [-0.2, -0.15) is 0 Å². The van der Waals surface area contributed by atoms with E-state index in [2.05, 4.69) is 18.7 Å². The first-order chi connectivity index (χ1) is 8.69. The third-order valence-electron chi connectivity index (χ3n) is 3.08. The highest BCUT2D eigenvalue weighted by Crippen LogP contribution is 2.37. The fourth-order valence-corrected chi connectivity index (χ4v) is 2.16. The van der Waals surface area contributed by atoms with Crippen molar-refractivity contribution in [2.75, 3.05) is 0 Å². The first kappa shape index (κ1) is 12.8. The third-order valence-corrected chi connectivity index (χ3v) is 3.08. The maximum atomic E-state index is 11.0. The first-order valence-electron chi connectivity index (χ1n) is 6.22. The van der Waals surface area contributed by atoms with Gasteiger partial charge in [0.25, 0.3) is 0 Å². The van der Waals surface area contributed by atoms with Gasteiger partial charge in [0.1, 0.15) is 6.10 Å². The van der Waals surface area contributed by atoms with Crippen molar-refractivity contribution in [2.24, 2.45) is 0 Å². The van der Waals surface area contributed by atoms with E-state index in [4.69, 9.17) is 9.47 Å². The van der Waals surface area contributed by atoms with E-state index in [9.17, 15) is 4.79 Å². The highest BCUT2D eigenvalue weighted by atomic mass is 16.5. The summed E-state index contributed by atoms with van der Waals surface area (Å²) in [6, 6.07) is 10.2. The lowest BCUT2D eigenvalue weighted by molar-refractivity contribution is -0.157. The van der Waals surface area contributed by atoms with Crippen LogP contribution < -0.4 is 0 Å². The molecule has 0 amide bonds. The van der Waals surface area contributed by atoms with Crippen LogP contribution in [0.1, 0.15) is 31.4 Å². The Balaban J connectivity index is 1.73. The summed E-state index contributed by atoms with van der Waals surface area (Å²) in [5.41, 5.74) is 1.21. The fourth-order valence-electron chi connectivity index (χ4n) is 2.16. The molecule has 3 atom stereocenters. The predicted molar refractivity (Wildman–Crippen MR) is 69.0 cm³/mol. The smallest absolute Gasteiger partial charge is 0.330 e. The Morgan fingerprint density at radius 1 is 1.56 bits per heavy atom. The molecule has 1 aliphatic rings. The lowest BCUT2D eigenvalue weighted by Gasteiger charge is -2.37. The molecule has 1 fully saturated rings. The van der Waals surface area contributed by atoms with Crippen LogP contribution in [0.4, 0.5) is 0 Å². The lowest BCUT2D eigenvalue weighted by atomic mass is 9.94. The minimum absolute atomic E-state index is 0.128. The molecule has 0 aliphatic carbocycles. The van der Waals surface area contributed by atoms with Gasteiger partial charge in [-0.1, -0.05) is 36.9 Å². The SMILES string of the molecule is C=CC(=O)OC(C)CC1CC(c2ccccc2)O1. The van der Waals surface area contributed by atoms with Gasteiger partial charge in [-0.05, 0) is 12.5 Å². The van der Waals surface area contributed by atoms with Crippen LogP contribution in [0.2, 0.25) is 0 Å². The first-order valence-corrected chi connectivity index (χ1v) is 6.22. The van der Waals surface area contributed by atoms with Gasteiger partial charge in [0, 0.05) is 18.9 Å². The molecule has 1 aliphatic heterocycles. The molecule has 0 aromatic heterocycles. The Morgan fingerprint density at radius 2 is 2.22 bits per heavy atom. The number of carbonyl (C=O) groups is 1. The second kappa shape index (κ2) is 5.83. The Labute approximate surface area is 107 Å². The number of hydrogen-bond acceptors (Lipinski definition) is 3. The van der Waals surface area contributed by atoms with Crippen LogP contribution in [0.5, 0.6) is 0 Å². The molecule has 0 spiro atoms. The van der Waals surface area contributed by atoms with Crippen LogP contribution >= 0.6 is 0 Å². The van der Waals surface area contributed by atoms with Crippen LogP contribution in [0, 0.1) is 0 Å². The molecule has 1 aromatic rings. The van der Waals surface area contributed by atoms with Gasteiger partial charge in [0.05, 0.1) is 12.2 Å². The second-order valence-corrected chi connectivity index (χ2v) is 4.58. The minimum atomic E-state index is -0.374. The molecule has 0 N–H and O–H groups in total. The van der Waals surface area contributed by atoms with Crippen molar-refractivity contribution in [1.29, 1.82) is 0 Å². The van der Waals surface area contributed by atoms with Gasteiger partial charge in [0.2, 0.25) is 0 Å². The molecule has 3 heteroatoms. The van der Waals surface area contributed by atoms with E-state index in [0.29, 0.717) is 0 Å². The van der Waals surface area contributed by atoms with Gasteiger partial charge >= 0.3 is 5.97 Å². The lowest BCUT2D eigenvalue weighted by Crippen LogP contribution is -2.34. The summed E-state index contributed by atoms with van der Waals surface area (Å²) < 4.78 is 10.9.